The average Bonchev–Trinajstić information content (AvgIpc) is 2.71. The third kappa shape index (κ3) is 3.30. The Kier molecular flexibility index (Phi) is 3.67. The van der Waals surface area contributed by atoms with Crippen molar-refractivity contribution in [3.63, 3.8) is 0 Å². The normalized spacial score (nSPS) is 12.2. The summed E-state index contributed by atoms with van der Waals surface area (Å²) in [6.07, 6.45) is 1.72. The predicted molar refractivity (Wildman–Crippen MR) is 75.2 cm³/mol. The Morgan fingerprint density at radius 2 is 2.17 bits per heavy atom. The molecule has 0 amide bonds. The van der Waals surface area contributed by atoms with Crippen molar-refractivity contribution in [1.82, 2.24) is 15.0 Å². The first kappa shape index (κ1) is 13.0. The highest BCUT2D eigenvalue weighted by Crippen LogP contribution is 2.23. The molecule has 0 unspecified atom stereocenters. The molecule has 3 N–H and O–H groups in total. The standard InChI is InChI=1S/C12H20N4OSi/c1-18(2,3)7-6-17-8-10-15-11(13)9-4-5-14-12(9)16-10/h4-5H,6-8H2,1-3H3,(H3,13,14,15,16). The lowest BCUT2D eigenvalue weighted by atomic mass is 10.3. The van der Waals surface area contributed by atoms with Crippen molar-refractivity contribution in [2.75, 3.05) is 12.3 Å². The van der Waals surface area contributed by atoms with Gasteiger partial charge < -0.3 is 15.5 Å². The van der Waals surface area contributed by atoms with Gasteiger partial charge in [-0.15, -0.1) is 0 Å². The van der Waals surface area contributed by atoms with E-state index in [0.29, 0.717) is 12.4 Å². The zero-order chi connectivity index (χ0) is 13.2. The fraction of sp³-hybridized carbons (Fsp3) is 0.500. The van der Waals surface area contributed by atoms with E-state index in [1.165, 1.54) is 0 Å². The highest BCUT2D eigenvalue weighted by atomic mass is 28.3. The molecule has 0 aromatic heterocycles. The fourth-order valence-corrected chi connectivity index (χ4v) is 2.38. The van der Waals surface area contributed by atoms with E-state index >= 15 is 0 Å². The minimum Gasteiger partial charge on any atom is -0.383 e. The van der Waals surface area contributed by atoms with Crippen molar-refractivity contribution in [3.8, 4) is 11.4 Å². The van der Waals surface area contributed by atoms with Gasteiger partial charge >= 0.3 is 0 Å². The van der Waals surface area contributed by atoms with E-state index in [1.54, 1.807) is 6.20 Å². The molecular formula is C12H20N4OSi. The summed E-state index contributed by atoms with van der Waals surface area (Å²) in [4.78, 5) is 11.6. The summed E-state index contributed by atoms with van der Waals surface area (Å²) in [6.45, 7) is 8.23. The number of fused-ring (bicyclic) bond motifs is 1. The summed E-state index contributed by atoms with van der Waals surface area (Å²) in [5.74, 6) is 2.01. The smallest absolute Gasteiger partial charge is 0.142 e. The van der Waals surface area contributed by atoms with Gasteiger partial charge in [0.05, 0.1) is 5.56 Å². The lowest BCUT2D eigenvalue weighted by molar-refractivity contribution is 0.127. The van der Waals surface area contributed by atoms with Crippen molar-refractivity contribution in [1.29, 1.82) is 0 Å². The van der Waals surface area contributed by atoms with Crippen LogP contribution in [-0.4, -0.2) is 29.6 Å². The van der Waals surface area contributed by atoms with Gasteiger partial charge in [-0.1, -0.05) is 19.6 Å². The monoisotopic (exact) mass is 264 g/mol. The van der Waals surface area contributed by atoms with Crippen molar-refractivity contribution < 1.29 is 4.74 Å². The van der Waals surface area contributed by atoms with Crippen molar-refractivity contribution in [2.24, 2.45) is 0 Å². The molecule has 0 aromatic rings. The van der Waals surface area contributed by atoms with E-state index in [4.69, 9.17) is 10.5 Å². The lowest BCUT2D eigenvalue weighted by Crippen LogP contribution is -2.21. The van der Waals surface area contributed by atoms with Crippen LogP contribution in [0.5, 0.6) is 0 Å². The lowest BCUT2D eigenvalue weighted by Gasteiger charge is -2.15. The number of hydrogen-bond donors (Lipinski definition) is 2. The number of hydrogen-bond acceptors (Lipinski definition) is 4. The van der Waals surface area contributed by atoms with Gasteiger partial charge in [0.25, 0.3) is 0 Å². The van der Waals surface area contributed by atoms with Crippen LogP contribution in [0.1, 0.15) is 5.82 Å². The molecule has 0 saturated carbocycles. The molecule has 0 atom stereocenters. The van der Waals surface area contributed by atoms with Gasteiger partial charge in [-0.3, -0.25) is 0 Å². The highest BCUT2D eigenvalue weighted by Gasteiger charge is 2.13. The molecule has 0 aromatic carbocycles. The molecule has 0 saturated heterocycles. The molecule has 0 spiro atoms. The van der Waals surface area contributed by atoms with E-state index in [1.807, 2.05) is 6.07 Å². The average molecular weight is 264 g/mol. The maximum atomic E-state index is 5.86. The Morgan fingerprint density at radius 3 is 2.89 bits per heavy atom. The molecule has 0 fully saturated rings. The van der Waals surface area contributed by atoms with E-state index in [-0.39, 0.29) is 0 Å². The topological polar surface area (TPSA) is 76.8 Å². The molecule has 2 aliphatic rings. The quantitative estimate of drug-likeness (QED) is 0.642. The highest BCUT2D eigenvalue weighted by molar-refractivity contribution is 6.76. The second kappa shape index (κ2) is 5.07. The Hall–Kier alpha value is -1.40. The Morgan fingerprint density at radius 1 is 1.39 bits per heavy atom. The van der Waals surface area contributed by atoms with Crippen LogP contribution in [0.3, 0.4) is 0 Å². The van der Waals surface area contributed by atoms with Crippen LogP contribution in [0.4, 0.5) is 5.82 Å². The number of nitrogens with two attached hydrogens (primary N) is 1. The number of aromatic amines is 1. The van der Waals surface area contributed by atoms with Gasteiger partial charge in [0.2, 0.25) is 0 Å². The largest absolute Gasteiger partial charge is 0.383 e. The molecule has 0 aliphatic carbocycles. The van der Waals surface area contributed by atoms with Crippen molar-refractivity contribution in [3.05, 3.63) is 18.1 Å². The number of H-pyrrole nitrogens is 1. The second-order valence-electron chi connectivity index (χ2n) is 5.64. The van der Waals surface area contributed by atoms with Crippen molar-refractivity contribution >= 4 is 13.9 Å². The molecule has 6 heteroatoms. The first-order valence-corrected chi connectivity index (χ1v) is 9.83. The van der Waals surface area contributed by atoms with Crippen LogP contribution in [0, 0.1) is 0 Å². The number of ether oxygens (including phenoxy) is 1. The van der Waals surface area contributed by atoms with Gasteiger partial charge in [-0.25, -0.2) is 9.97 Å². The number of anilines is 1. The summed E-state index contributed by atoms with van der Waals surface area (Å²) in [6, 6.07) is 3.00. The van der Waals surface area contributed by atoms with Gasteiger partial charge in [-0.2, -0.15) is 0 Å². The fourth-order valence-electron chi connectivity index (χ4n) is 1.63. The first-order chi connectivity index (χ1) is 8.46. The van der Waals surface area contributed by atoms with E-state index in [0.717, 1.165) is 29.9 Å². The summed E-state index contributed by atoms with van der Waals surface area (Å²) >= 11 is 0. The molecule has 98 valence electrons. The minimum atomic E-state index is -1.03. The van der Waals surface area contributed by atoms with Crippen LogP contribution in [-0.2, 0) is 11.3 Å². The third-order valence-corrected chi connectivity index (χ3v) is 4.43. The summed E-state index contributed by atoms with van der Waals surface area (Å²) in [5, 5.41) is 0. The molecule has 2 heterocycles. The van der Waals surface area contributed by atoms with Crippen LogP contribution >= 0.6 is 0 Å². The Labute approximate surface area is 108 Å². The summed E-state index contributed by atoms with van der Waals surface area (Å²) in [7, 11) is -1.03. The van der Waals surface area contributed by atoms with E-state index in [2.05, 4.69) is 34.6 Å². The Balaban J connectivity index is 1.94. The van der Waals surface area contributed by atoms with Gasteiger partial charge in [0.15, 0.2) is 0 Å². The number of nitrogen functional groups attached to an aromatic ring is 1. The van der Waals surface area contributed by atoms with Crippen LogP contribution < -0.4 is 5.73 Å². The number of rotatable bonds is 5. The minimum absolute atomic E-state index is 0.456. The molecule has 0 bridgehead atoms. The van der Waals surface area contributed by atoms with Crippen LogP contribution in [0.25, 0.3) is 11.4 Å². The number of aromatic nitrogens is 3. The van der Waals surface area contributed by atoms with Crippen LogP contribution in [0.15, 0.2) is 12.3 Å². The third-order valence-electron chi connectivity index (χ3n) is 2.73. The molecular weight excluding hydrogens is 244 g/mol. The van der Waals surface area contributed by atoms with Gasteiger partial charge in [0, 0.05) is 20.9 Å². The maximum Gasteiger partial charge on any atom is 0.142 e. The van der Waals surface area contributed by atoms with Crippen molar-refractivity contribution in [2.45, 2.75) is 32.3 Å². The number of nitrogens with zero attached hydrogens (tertiary/aromatic N) is 2. The molecule has 2 aliphatic heterocycles. The summed E-state index contributed by atoms with van der Waals surface area (Å²) in [5.41, 5.74) is 6.72. The van der Waals surface area contributed by atoms with Gasteiger partial charge in [-0.05, 0) is 12.1 Å². The zero-order valence-electron chi connectivity index (χ0n) is 11.2. The predicted octanol–water partition coefficient (Wildman–Crippen LogP) is 2.35. The van der Waals surface area contributed by atoms with Gasteiger partial charge in [0.1, 0.15) is 24.1 Å². The molecule has 5 nitrogen and oxygen atoms in total. The first-order valence-electron chi connectivity index (χ1n) is 6.12. The van der Waals surface area contributed by atoms with Crippen LogP contribution in [0.2, 0.25) is 25.7 Å². The van der Waals surface area contributed by atoms with E-state index in [9.17, 15) is 0 Å². The zero-order valence-corrected chi connectivity index (χ0v) is 12.2. The second-order valence-corrected chi connectivity index (χ2v) is 11.3. The number of nitrogens with one attached hydrogen (secondary N) is 1. The molecule has 2 rings (SSSR count). The Bertz CT molecular complexity index is 492. The molecule has 18 heavy (non-hydrogen) atoms. The van der Waals surface area contributed by atoms with E-state index < -0.39 is 8.07 Å². The summed E-state index contributed by atoms with van der Waals surface area (Å²) < 4.78 is 5.63. The molecule has 0 radical (unpaired) electrons. The maximum absolute atomic E-state index is 5.86. The SMILES string of the molecule is C[Si](C)(C)CCOCc1nc(N)c2ccnc-2[nH]1.